The molecule has 0 aliphatic heterocycles. The van der Waals surface area contributed by atoms with E-state index in [1.807, 2.05) is 12.1 Å². The lowest BCUT2D eigenvalue weighted by molar-refractivity contribution is -0.137. The van der Waals surface area contributed by atoms with E-state index in [0.29, 0.717) is 5.82 Å². The normalized spacial score (nSPS) is 12.1. The topological polar surface area (TPSA) is 144 Å². The number of nitrogens with zero attached hydrogens (tertiary/aromatic N) is 2. The fraction of sp³-hybridized carbons (Fsp3) is 0.633. The van der Waals surface area contributed by atoms with E-state index < -0.39 is 29.6 Å². The Morgan fingerprint density at radius 2 is 1.62 bits per heavy atom. The van der Waals surface area contributed by atoms with Crippen LogP contribution in [-0.4, -0.2) is 44.9 Å². The number of rotatable bonds is 18. The predicted molar refractivity (Wildman–Crippen MR) is 153 cm³/mol. The molecule has 1 atom stereocenters. The molecular weight excluding hydrogens is 512 g/mol. The lowest BCUT2D eigenvalue weighted by Gasteiger charge is -2.23. The number of hydrogen-bond acceptors (Lipinski definition) is 7. The zero-order valence-electron chi connectivity index (χ0n) is 24.5. The lowest BCUT2D eigenvalue weighted by Crippen LogP contribution is -2.48. The van der Waals surface area contributed by atoms with E-state index in [9.17, 15) is 14.4 Å². The molecule has 3 N–H and O–H groups in total. The molecule has 0 radical (unpaired) electrons. The summed E-state index contributed by atoms with van der Waals surface area (Å²) in [5, 5.41) is 18.1. The number of ether oxygens (including phenoxy) is 1. The van der Waals surface area contributed by atoms with Gasteiger partial charge in [0, 0.05) is 12.0 Å². The molecule has 0 saturated heterocycles. The number of carbonyl (C=O) groups is 3. The molecule has 0 unspecified atom stereocenters. The number of aryl methyl sites for hydroxylation is 1. The number of carboxylic acid groups (broad SMARTS) is 1. The molecule has 0 aliphatic carbocycles. The average molecular weight is 559 g/mol. The third kappa shape index (κ3) is 13.6. The van der Waals surface area contributed by atoms with Crippen molar-refractivity contribution in [2.45, 2.75) is 123 Å². The number of aliphatic carboxylic acids is 1. The molecule has 222 valence electrons. The van der Waals surface area contributed by atoms with Gasteiger partial charge < -0.3 is 25.0 Å². The van der Waals surface area contributed by atoms with E-state index in [0.717, 1.165) is 12.0 Å². The van der Waals surface area contributed by atoms with Crippen LogP contribution in [0, 0.1) is 0 Å². The predicted octanol–water partition coefficient (Wildman–Crippen LogP) is 6.18. The lowest BCUT2D eigenvalue weighted by atomic mass is 10.0. The molecule has 2 amide bonds. The van der Waals surface area contributed by atoms with Crippen molar-refractivity contribution >= 4 is 18.0 Å². The minimum atomic E-state index is -0.976. The highest BCUT2D eigenvalue weighted by molar-refractivity contribution is 5.85. The van der Waals surface area contributed by atoms with Crippen LogP contribution in [-0.2, 0) is 27.3 Å². The summed E-state index contributed by atoms with van der Waals surface area (Å²) in [4.78, 5) is 40.2. The van der Waals surface area contributed by atoms with Gasteiger partial charge in [-0.15, -0.1) is 0 Å². The van der Waals surface area contributed by atoms with Crippen molar-refractivity contribution in [1.82, 2.24) is 20.8 Å². The van der Waals surface area contributed by atoms with Crippen molar-refractivity contribution < 1.29 is 28.8 Å². The number of aromatic nitrogens is 2. The summed E-state index contributed by atoms with van der Waals surface area (Å²) in [5.74, 6) is -0.835. The molecule has 10 heteroatoms. The maximum absolute atomic E-state index is 12.8. The van der Waals surface area contributed by atoms with Gasteiger partial charge in [-0.3, -0.25) is 9.59 Å². The van der Waals surface area contributed by atoms with Crippen molar-refractivity contribution in [3.63, 3.8) is 0 Å². The van der Waals surface area contributed by atoms with Gasteiger partial charge in [-0.25, -0.2) is 4.79 Å². The molecule has 40 heavy (non-hydrogen) atoms. The van der Waals surface area contributed by atoms with Crippen LogP contribution in [0.25, 0.3) is 11.4 Å². The molecule has 1 aromatic carbocycles. The SMILES string of the molecule is CCCCCCCCCCc1ccc(-c2noc(CNC(=O)[C@H](CCCC(=O)O)NC(=O)OC(C)(C)C)n2)cc1. The quantitative estimate of drug-likeness (QED) is 0.184. The van der Waals surface area contributed by atoms with Crippen LogP contribution < -0.4 is 10.6 Å². The first-order valence-electron chi connectivity index (χ1n) is 14.5. The van der Waals surface area contributed by atoms with Gasteiger partial charge in [0.2, 0.25) is 17.6 Å². The van der Waals surface area contributed by atoms with Gasteiger partial charge in [0.25, 0.3) is 0 Å². The minimum Gasteiger partial charge on any atom is -0.481 e. The molecule has 1 aromatic heterocycles. The molecule has 1 heterocycles. The van der Waals surface area contributed by atoms with Crippen molar-refractivity contribution in [3.05, 3.63) is 35.7 Å². The molecule has 0 spiro atoms. The summed E-state index contributed by atoms with van der Waals surface area (Å²) in [5.41, 5.74) is 1.36. The molecule has 10 nitrogen and oxygen atoms in total. The highest BCUT2D eigenvalue weighted by Crippen LogP contribution is 2.18. The number of amides is 2. The highest BCUT2D eigenvalue weighted by atomic mass is 16.6. The Hall–Kier alpha value is -3.43. The number of benzene rings is 1. The van der Waals surface area contributed by atoms with Crippen molar-refractivity contribution in [2.75, 3.05) is 0 Å². The van der Waals surface area contributed by atoms with Gasteiger partial charge >= 0.3 is 12.1 Å². The Balaban J connectivity index is 1.83. The summed E-state index contributed by atoms with van der Waals surface area (Å²) in [7, 11) is 0. The molecule has 0 saturated carbocycles. The average Bonchev–Trinajstić information content (AvgIpc) is 3.36. The van der Waals surface area contributed by atoms with Crippen LogP contribution in [0.4, 0.5) is 4.79 Å². The van der Waals surface area contributed by atoms with E-state index in [1.54, 1.807) is 20.8 Å². The third-order valence-electron chi connectivity index (χ3n) is 6.30. The maximum atomic E-state index is 12.8. The Bertz CT molecular complexity index is 1050. The summed E-state index contributed by atoms with van der Waals surface area (Å²) in [6.07, 6.45) is 10.9. The van der Waals surface area contributed by atoms with Crippen molar-refractivity contribution in [2.24, 2.45) is 0 Å². The van der Waals surface area contributed by atoms with E-state index in [2.05, 4.69) is 39.8 Å². The first kappa shape index (κ1) is 32.8. The van der Waals surface area contributed by atoms with Crippen LogP contribution in [0.1, 0.15) is 110 Å². The summed E-state index contributed by atoms with van der Waals surface area (Å²) in [6.45, 7) is 7.34. The van der Waals surface area contributed by atoms with Gasteiger partial charge in [0.05, 0.1) is 6.54 Å². The first-order chi connectivity index (χ1) is 19.1. The Labute approximate surface area is 237 Å². The minimum absolute atomic E-state index is 0.0339. The largest absolute Gasteiger partial charge is 0.481 e. The number of unbranched alkanes of at least 4 members (excludes halogenated alkanes) is 7. The number of hydrogen-bond donors (Lipinski definition) is 3. The fourth-order valence-electron chi connectivity index (χ4n) is 4.19. The van der Waals surface area contributed by atoms with Gasteiger partial charge in [0.15, 0.2) is 0 Å². The van der Waals surface area contributed by atoms with Crippen LogP contribution >= 0.6 is 0 Å². The summed E-state index contributed by atoms with van der Waals surface area (Å²) < 4.78 is 10.5. The molecule has 0 bridgehead atoms. The Kier molecular flexibility index (Phi) is 14.2. The van der Waals surface area contributed by atoms with Crippen molar-refractivity contribution in [1.29, 1.82) is 0 Å². The molecular formula is C30H46N4O6. The molecule has 2 rings (SSSR count). The first-order valence-corrected chi connectivity index (χ1v) is 14.5. The second-order valence-electron chi connectivity index (χ2n) is 11.1. The van der Waals surface area contributed by atoms with E-state index >= 15 is 0 Å². The maximum Gasteiger partial charge on any atom is 0.408 e. The van der Waals surface area contributed by atoms with Crippen LogP contribution in [0.5, 0.6) is 0 Å². The van der Waals surface area contributed by atoms with Gasteiger partial charge in [0.1, 0.15) is 11.6 Å². The zero-order chi connectivity index (χ0) is 29.4. The van der Waals surface area contributed by atoms with Crippen LogP contribution in [0.15, 0.2) is 28.8 Å². The standard InChI is InChI=1S/C30H46N4O6/c1-5-6-7-8-9-10-11-12-14-22-17-19-23(20-18-22)27-33-25(40-34-27)21-31-28(37)24(15-13-16-26(35)36)32-29(38)39-30(2,3)4/h17-20,24H,5-16,21H2,1-4H3,(H,31,37)(H,32,38)(H,35,36)/t24-/m0/s1. The monoisotopic (exact) mass is 558 g/mol. The third-order valence-corrected chi connectivity index (χ3v) is 6.30. The van der Waals surface area contributed by atoms with E-state index in [1.165, 1.54) is 56.9 Å². The second-order valence-corrected chi connectivity index (χ2v) is 11.1. The Morgan fingerprint density at radius 3 is 2.25 bits per heavy atom. The van der Waals surface area contributed by atoms with Crippen molar-refractivity contribution in [3.8, 4) is 11.4 Å². The molecule has 2 aromatic rings. The van der Waals surface area contributed by atoms with Gasteiger partial charge in [-0.05, 0) is 52.0 Å². The zero-order valence-corrected chi connectivity index (χ0v) is 24.5. The Morgan fingerprint density at radius 1 is 0.975 bits per heavy atom. The number of carbonyl (C=O) groups excluding carboxylic acids is 2. The molecule has 0 aliphatic rings. The number of alkyl carbamates (subject to hydrolysis) is 1. The fourth-order valence-corrected chi connectivity index (χ4v) is 4.19. The number of carboxylic acids is 1. The van der Waals surface area contributed by atoms with Gasteiger partial charge in [-0.1, -0.05) is 81.3 Å². The second kappa shape index (κ2) is 17.3. The smallest absolute Gasteiger partial charge is 0.408 e. The van der Waals surface area contributed by atoms with E-state index in [4.69, 9.17) is 14.4 Å². The number of nitrogens with one attached hydrogen (secondary N) is 2. The van der Waals surface area contributed by atoms with Crippen LogP contribution in [0.2, 0.25) is 0 Å². The van der Waals surface area contributed by atoms with Crippen LogP contribution in [0.3, 0.4) is 0 Å². The summed E-state index contributed by atoms with van der Waals surface area (Å²) in [6, 6.07) is 7.13. The summed E-state index contributed by atoms with van der Waals surface area (Å²) >= 11 is 0. The molecule has 0 fully saturated rings. The highest BCUT2D eigenvalue weighted by Gasteiger charge is 2.25. The van der Waals surface area contributed by atoms with E-state index in [-0.39, 0.29) is 31.7 Å². The van der Waals surface area contributed by atoms with Gasteiger partial charge in [-0.2, -0.15) is 4.98 Å².